The van der Waals surface area contributed by atoms with Gasteiger partial charge in [0, 0.05) is 0 Å². The normalized spacial score (nSPS) is 29.1. The zero-order chi connectivity index (χ0) is 6.27. The van der Waals surface area contributed by atoms with Crippen LogP contribution in [0, 0.1) is 5.92 Å². The molecule has 10 heavy (non-hydrogen) atoms. The molecule has 0 amide bonds. The van der Waals surface area contributed by atoms with Gasteiger partial charge < -0.3 is 0 Å². The molecule has 0 N–H and O–H groups in total. The van der Waals surface area contributed by atoms with E-state index < -0.39 is 0 Å². The minimum absolute atomic E-state index is 0. The summed E-state index contributed by atoms with van der Waals surface area (Å²) in [6, 6.07) is 0. The second-order valence-corrected chi connectivity index (χ2v) is 3.37. The summed E-state index contributed by atoms with van der Waals surface area (Å²) in [4.78, 5) is 0. The minimum atomic E-state index is 0. The molecule has 58 valence electrons. The van der Waals surface area contributed by atoms with Crippen LogP contribution in [0.1, 0.15) is 39.0 Å². The smallest absolute Gasteiger partial charge is 0.0149 e. The highest BCUT2D eigenvalue weighted by Crippen LogP contribution is 2.44. The lowest BCUT2D eigenvalue weighted by Crippen LogP contribution is -1.92. The molecule has 2 aliphatic rings. The highest BCUT2D eigenvalue weighted by molar-refractivity contribution is 5.75. The topological polar surface area (TPSA) is 0 Å². The second-order valence-electron chi connectivity index (χ2n) is 3.37. The summed E-state index contributed by atoms with van der Waals surface area (Å²) in [6.45, 7) is 2.29. The van der Waals surface area contributed by atoms with E-state index in [1.165, 1.54) is 32.1 Å². The molecule has 0 aromatic heterocycles. The fraction of sp³-hybridized carbons (Fsp3) is 0.778. The van der Waals surface area contributed by atoms with Crippen LogP contribution >= 0.6 is 0 Å². The van der Waals surface area contributed by atoms with Crippen LogP contribution in [0.15, 0.2) is 11.1 Å². The highest BCUT2D eigenvalue weighted by atomic mass is 28.1. The molecule has 2 aliphatic carbocycles. The molecule has 1 unspecified atom stereocenters. The van der Waals surface area contributed by atoms with Crippen molar-refractivity contribution in [1.82, 2.24) is 0 Å². The third kappa shape index (κ3) is 1.07. The van der Waals surface area contributed by atoms with Gasteiger partial charge in [0.2, 0.25) is 0 Å². The first-order chi connectivity index (χ1) is 4.40. The van der Waals surface area contributed by atoms with E-state index in [2.05, 4.69) is 6.92 Å². The van der Waals surface area contributed by atoms with E-state index in [1.54, 1.807) is 5.57 Å². The average molecular weight is 154 g/mol. The van der Waals surface area contributed by atoms with Gasteiger partial charge in [0.1, 0.15) is 0 Å². The second kappa shape index (κ2) is 2.91. The minimum Gasteiger partial charge on any atom is -0.0710 e. The van der Waals surface area contributed by atoms with Crippen molar-refractivity contribution in [2.24, 2.45) is 5.92 Å². The summed E-state index contributed by atoms with van der Waals surface area (Å²) >= 11 is 0. The highest BCUT2D eigenvalue weighted by Gasteiger charge is 2.28. The maximum Gasteiger partial charge on any atom is -0.0149 e. The van der Waals surface area contributed by atoms with Crippen LogP contribution in [-0.4, -0.2) is 11.0 Å². The van der Waals surface area contributed by atoms with Crippen LogP contribution in [0.5, 0.6) is 0 Å². The molecule has 2 bridgehead atoms. The lowest BCUT2D eigenvalue weighted by Gasteiger charge is -2.08. The van der Waals surface area contributed by atoms with Gasteiger partial charge in [-0.25, -0.2) is 0 Å². The van der Waals surface area contributed by atoms with Crippen molar-refractivity contribution < 1.29 is 0 Å². The first-order valence-corrected chi connectivity index (χ1v) is 4.10. The van der Waals surface area contributed by atoms with Crippen LogP contribution in [0.4, 0.5) is 0 Å². The maximum absolute atomic E-state index is 2.29. The molecule has 0 radical (unpaired) electrons. The molecular weight excluding hydrogens is 136 g/mol. The Bertz CT molecular complexity index is 158. The zero-order valence-electron chi connectivity index (χ0n) is 6.11. The Labute approximate surface area is 67.7 Å². The molecule has 0 aromatic rings. The molecule has 2 rings (SSSR count). The van der Waals surface area contributed by atoms with Gasteiger partial charge in [-0.2, -0.15) is 0 Å². The fourth-order valence-corrected chi connectivity index (χ4v) is 2.31. The molecule has 0 aliphatic heterocycles. The van der Waals surface area contributed by atoms with Gasteiger partial charge in [0.15, 0.2) is 0 Å². The molecule has 1 atom stereocenters. The Morgan fingerprint density at radius 3 is 2.50 bits per heavy atom. The van der Waals surface area contributed by atoms with E-state index in [0.29, 0.717) is 0 Å². The Kier molecular flexibility index (Phi) is 2.35. The molecular formula is C9H18Si. The van der Waals surface area contributed by atoms with Crippen LogP contribution in [-0.2, 0) is 0 Å². The van der Waals surface area contributed by atoms with E-state index in [9.17, 15) is 0 Å². The molecule has 1 heteroatoms. The van der Waals surface area contributed by atoms with Gasteiger partial charge in [-0.3, -0.25) is 0 Å². The van der Waals surface area contributed by atoms with E-state index in [4.69, 9.17) is 0 Å². The van der Waals surface area contributed by atoms with Gasteiger partial charge in [-0.1, -0.05) is 18.1 Å². The predicted octanol–water partition coefficient (Wildman–Crippen LogP) is 1.45. The standard InChI is InChI=1S/C9H14.H4Si/c1-2-8-5-7-3-4-9(8)6-7;/h7H,2-6H2,1H3;1H4. The SMILES string of the molecule is CCC1=C2CCC(C1)C2.[SiH4]. The van der Waals surface area contributed by atoms with Crippen LogP contribution in [0.3, 0.4) is 0 Å². The quantitative estimate of drug-likeness (QED) is 0.396. The monoisotopic (exact) mass is 154 g/mol. The van der Waals surface area contributed by atoms with E-state index in [-0.39, 0.29) is 11.0 Å². The number of hydrogen-bond acceptors (Lipinski definition) is 0. The average Bonchev–Trinajstić information content (AvgIpc) is 2.45. The first kappa shape index (κ1) is 8.06. The molecule has 1 saturated carbocycles. The van der Waals surface area contributed by atoms with Crippen molar-refractivity contribution in [2.75, 3.05) is 0 Å². The maximum atomic E-state index is 2.29. The van der Waals surface area contributed by atoms with Crippen molar-refractivity contribution in [3.63, 3.8) is 0 Å². The lowest BCUT2D eigenvalue weighted by molar-refractivity contribution is 0.557. The molecule has 0 spiro atoms. The summed E-state index contributed by atoms with van der Waals surface area (Å²) in [5.41, 5.74) is 3.62. The van der Waals surface area contributed by atoms with Gasteiger partial charge in [0.25, 0.3) is 0 Å². The van der Waals surface area contributed by atoms with Crippen molar-refractivity contribution in [3.05, 3.63) is 11.1 Å². The molecule has 1 fully saturated rings. The number of rotatable bonds is 1. The molecule has 0 nitrogen and oxygen atoms in total. The van der Waals surface area contributed by atoms with Gasteiger partial charge in [-0.15, -0.1) is 0 Å². The van der Waals surface area contributed by atoms with Gasteiger partial charge in [-0.05, 0) is 49.0 Å². The van der Waals surface area contributed by atoms with Crippen molar-refractivity contribution in [3.8, 4) is 0 Å². The zero-order valence-corrected chi connectivity index (χ0v) is 6.11. The van der Waals surface area contributed by atoms with E-state index >= 15 is 0 Å². The number of allylic oxidation sites excluding steroid dienone is 2. The Hall–Kier alpha value is -0.0431. The summed E-state index contributed by atoms with van der Waals surface area (Å²) in [6.07, 6.45) is 7.17. The van der Waals surface area contributed by atoms with Crippen molar-refractivity contribution >= 4 is 11.0 Å². The summed E-state index contributed by atoms with van der Waals surface area (Å²) in [5.74, 6) is 1.08. The third-order valence-electron chi connectivity index (χ3n) is 2.85. The Morgan fingerprint density at radius 2 is 2.20 bits per heavy atom. The first-order valence-electron chi connectivity index (χ1n) is 4.10. The van der Waals surface area contributed by atoms with Crippen molar-refractivity contribution in [2.45, 2.75) is 39.0 Å². The van der Waals surface area contributed by atoms with Crippen LogP contribution in [0.2, 0.25) is 0 Å². The third-order valence-corrected chi connectivity index (χ3v) is 2.85. The summed E-state index contributed by atoms with van der Waals surface area (Å²) in [7, 11) is 0. The summed E-state index contributed by atoms with van der Waals surface area (Å²) in [5, 5.41) is 0. The molecule has 0 saturated heterocycles. The molecule has 0 heterocycles. The fourth-order valence-electron chi connectivity index (χ4n) is 2.31. The lowest BCUT2D eigenvalue weighted by atomic mass is 9.98. The number of fused-ring (bicyclic) bond motifs is 2. The Balaban J connectivity index is 0.000000500. The summed E-state index contributed by atoms with van der Waals surface area (Å²) < 4.78 is 0. The number of hydrogen-bond donors (Lipinski definition) is 0. The largest absolute Gasteiger partial charge is 0.0710 e. The Morgan fingerprint density at radius 1 is 1.40 bits per heavy atom. The molecule has 0 aromatic carbocycles. The van der Waals surface area contributed by atoms with E-state index in [1.807, 2.05) is 5.57 Å². The van der Waals surface area contributed by atoms with Crippen LogP contribution < -0.4 is 0 Å². The van der Waals surface area contributed by atoms with Gasteiger partial charge >= 0.3 is 0 Å². The van der Waals surface area contributed by atoms with Gasteiger partial charge in [0.05, 0.1) is 0 Å². The van der Waals surface area contributed by atoms with E-state index in [0.717, 1.165) is 5.92 Å². The van der Waals surface area contributed by atoms with Crippen molar-refractivity contribution in [1.29, 1.82) is 0 Å². The predicted molar refractivity (Wildman–Crippen MR) is 50.6 cm³/mol. The van der Waals surface area contributed by atoms with Crippen LogP contribution in [0.25, 0.3) is 0 Å².